The molecule has 2 aliphatic heterocycles. The fraction of sp³-hybridized carbons (Fsp3) is 0.812. The smallest absolute Gasteiger partial charge is 0.191 e. The third kappa shape index (κ3) is 4.45. The maximum Gasteiger partial charge on any atom is 0.191 e. The van der Waals surface area contributed by atoms with Crippen LogP contribution in [0.2, 0.25) is 0 Å². The molecule has 8 nitrogen and oxygen atoms in total. The Labute approximate surface area is 143 Å². The van der Waals surface area contributed by atoms with Crippen LogP contribution in [0.3, 0.4) is 0 Å². The van der Waals surface area contributed by atoms with Gasteiger partial charge in [0.1, 0.15) is 12.4 Å². The molecule has 1 unspecified atom stereocenters. The molecule has 24 heavy (non-hydrogen) atoms. The van der Waals surface area contributed by atoms with Crippen LogP contribution in [0, 0.1) is 5.92 Å². The second-order valence-corrected chi connectivity index (χ2v) is 6.45. The molecule has 0 amide bonds. The van der Waals surface area contributed by atoms with Gasteiger partial charge in [0.2, 0.25) is 0 Å². The van der Waals surface area contributed by atoms with Crippen LogP contribution < -0.4 is 10.6 Å². The Hall–Kier alpha value is -1.67. The van der Waals surface area contributed by atoms with E-state index in [0.29, 0.717) is 18.6 Å². The highest BCUT2D eigenvalue weighted by Crippen LogP contribution is 2.14. The van der Waals surface area contributed by atoms with Gasteiger partial charge in [-0.05, 0) is 25.2 Å². The van der Waals surface area contributed by atoms with Crippen LogP contribution in [-0.2, 0) is 29.0 Å². The molecule has 0 aromatic carbocycles. The summed E-state index contributed by atoms with van der Waals surface area (Å²) in [4.78, 5) is 8.87. The molecular weight excluding hydrogens is 308 g/mol. The number of ether oxygens (including phenoxy) is 2. The number of aliphatic imine (C=N–C) groups is 1. The molecule has 0 saturated carbocycles. The fourth-order valence-electron chi connectivity index (χ4n) is 3.25. The Bertz CT molecular complexity index is 553. The third-order valence-corrected chi connectivity index (χ3v) is 4.64. The van der Waals surface area contributed by atoms with Gasteiger partial charge in [0.15, 0.2) is 11.8 Å². The van der Waals surface area contributed by atoms with Crippen molar-refractivity contribution in [1.29, 1.82) is 0 Å². The van der Waals surface area contributed by atoms with Gasteiger partial charge in [-0.3, -0.25) is 4.99 Å². The number of nitrogens with zero attached hydrogens (tertiary/aromatic N) is 4. The van der Waals surface area contributed by atoms with Gasteiger partial charge in [-0.2, -0.15) is 5.10 Å². The van der Waals surface area contributed by atoms with Crippen molar-refractivity contribution in [2.24, 2.45) is 10.9 Å². The molecule has 1 atom stereocenters. The Kier molecular flexibility index (Phi) is 6.03. The van der Waals surface area contributed by atoms with Gasteiger partial charge in [-0.15, -0.1) is 0 Å². The molecule has 1 aromatic heterocycles. The zero-order valence-electron chi connectivity index (χ0n) is 14.6. The minimum atomic E-state index is 0.315. The maximum absolute atomic E-state index is 5.41. The lowest BCUT2D eigenvalue weighted by Gasteiger charge is -2.27. The normalized spacial score (nSPS) is 22.2. The van der Waals surface area contributed by atoms with Gasteiger partial charge in [-0.1, -0.05) is 0 Å². The molecule has 1 fully saturated rings. The molecule has 0 radical (unpaired) electrons. The second kappa shape index (κ2) is 8.43. The Morgan fingerprint density at radius 3 is 2.96 bits per heavy atom. The van der Waals surface area contributed by atoms with Crippen molar-refractivity contribution in [2.45, 2.75) is 44.9 Å². The minimum Gasteiger partial charge on any atom is -0.381 e. The van der Waals surface area contributed by atoms with E-state index >= 15 is 0 Å². The van der Waals surface area contributed by atoms with Crippen molar-refractivity contribution in [3.8, 4) is 0 Å². The monoisotopic (exact) mass is 336 g/mol. The van der Waals surface area contributed by atoms with E-state index in [1.165, 1.54) is 0 Å². The van der Waals surface area contributed by atoms with E-state index in [4.69, 9.17) is 9.47 Å². The van der Waals surface area contributed by atoms with E-state index in [9.17, 15) is 0 Å². The van der Waals surface area contributed by atoms with Gasteiger partial charge in [0, 0.05) is 46.4 Å². The summed E-state index contributed by atoms with van der Waals surface area (Å²) in [5.74, 6) is 3.34. The number of guanidine groups is 1. The van der Waals surface area contributed by atoms with Gasteiger partial charge in [0.25, 0.3) is 0 Å². The number of hydrogen-bond acceptors (Lipinski definition) is 5. The van der Waals surface area contributed by atoms with Crippen LogP contribution in [0.15, 0.2) is 4.99 Å². The molecule has 134 valence electrons. The van der Waals surface area contributed by atoms with Crippen LogP contribution in [0.4, 0.5) is 0 Å². The molecule has 1 saturated heterocycles. The predicted molar refractivity (Wildman–Crippen MR) is 90.9 cm³/mol. The SMILES string of the molecule is CN=C(NCC1CCOCC1)NC1CCc2nc(COC)nn2C1. The lowest BCUT2D eigenvalue weighted by Crippen LogP contribution is -2.48. The van der Waals surface area contributed by atoms with Crippen LogP contribution in [0.5, 0.6) is 0 Å². The second-order valence-electron chi connectivity index (χ2n) is 6.45. The standard InChI is InChI=1S/C16H28N6O2/c1-17-16(18-9-12-5-7-24-8-6-12)19-13-3-4-15-20-14(11-23-2)21-22(15)10-13/h12-13H,3-11H2,1-2H3,(H2,17,18,19). The van der Waals surface area contributed by atoms with Crippen LogP contribution in [-0.4, -0.2) is 60.7 Å². The average Bonchev–Trinajstić information content (AvgIpc) is 3.01. The number of hydrogen-bond donors (Lipinski definition) is 2. The van der Waals surface area contributed by atoms with Gasteiger partial charge >= 0.3 is 0 Å². The van der Waals surface area contributed by atoms with Crippen LogP contribution in [0.25, 0.3) is 0 Å². The van der Waals surface area contributed by atoms with E-state index in [1.807, 2.05) is 11.7 Å². The zero-order chi connectivity index (χ0) is 16.8. The number of rotatable bonds is 5. The largest absolute Gasteiger partial charge is 0.381 e. The average molecular weight is 336 g/mol. The number of aromatic nitrogens is 3. The molecule has 3 heterocycles. The van der Waals surface area contributed by atoms with E-state index in [2.05, 4.69) is 25.7 Å². The van der Waals surface area contributed by atoms with Crippen LogP contribution >= 0.6 is 0 Å². The van der Waals surface area contributed by atoms with Gasteiger partial charge < -0.3 is 20.1 Å². The molecule has 0 spiro atoms. The number of methoxy groups -OCH3 is 1. The fourth-order valence-corrected chi connectivity index (χ4v) is 3.25. The summed E-state index contributed by atoms with van der Waals surface area (Å²) in [6, 6.07) is 0.315. The van der Waals surface area contributed by atoms with Gasteiger partial charge in [-0.25, -0.2) is 9.67 Å². The summed E-state index contributed by atoms with van der Waals surface area (Å²) in [7, 11) is 3.48. The first-order chi connectivity index (χ1) is 11.8. The van der Waals surface area contributed by atoms with Gasteiger partial charge in [0.05, 0.1) is 6.54 Å². The zero-order valence-corrected chi connectivity index (χ0v) is 14.6. The first-order valence-corrected chi connectivity index (χ1v) is 8.75. The molecule has 1 aromatic rings. The molecular formula is C16H28N6O2. The molecule has 2 N–H and O–H groups in total. The summed E-state index contributed by atoms with van der Waals surface area (Å²) >= 11 is 0. The number of aryl methyl sites for hydroxylation is 1. The Balaban J connectivity index is 1.49. The molecule has 8 heteroatoms. The van der Waals surface area contributed by atoms with Crippen molar-refractivity contribution >= 4 is 5.96 Å². The summed E-state index contributed by atoms with van der Waals surface area (Å²) in [5.41, 5.74) is 0. The van der Waals surface area contributed by atoms with Crippen molar-refractivity contribution in [1.82, 2.24) is 25.4 Å². The highest BCUT2D eigenvalue weighted by atomic mass is 16.5. The molecule has 2 aliphatic rings. The molecule has 3 rings (SSSR count). The van der Waals surface area contributed by atoms with Crippen molar-refractivity contribution in [2.75, 3.05) is 33.9 Å². The first-order valence-electron chi connectivity index (χ1n) is 8.75. The minimum absolute atomic E-state index is 0.315. The van der Waals surface area contributed by atoms with E-state index in [-0.39, 0.29) is 0 Å². The Morgan fingerprint density at radius 2 is 2.21 bits per heavy atom. The van der Waals surface area contributed by atoms with E-state index < -0.39 is 0 Å². The van der Waals surface area contributed by atoms with Crippen LogP contribution in [0.1, 0.15) is 30.9 Å². The highest BCUT2D eigenvalue weighted by molar-refractivity contribution is 5.79. The lowest BCUT2D eigenvalue weighted by molar-refractivity contribution is 0.0675. The predicted octanol–water partition coefficient (Wildman–Crippen LogP) is 0.331. The number of fused-ring (bicyclic) bond motifs is 1. The maximum atomic E-state index is 5.41. The van der Waals surface area contributed by atoms with Crippen molar-refractivity contribution in [3.63, 3.8) is 0 Å². The molecule has 0 aliphatic carbocycles. The summed E-state index contributed by atoms with van der Waals surface area (Å²) < 4.78 is 12.5. The summed E-state index contributed by atoms with van der Waals surface area (Å²) in [6.07, 6.45) is 4.20. The molecule has 0 bridgehead atoms. The summed E-state index contributed by atoms with van der Waals surface area (Å²) in [5, 5.41) is 11.5. The quantitative estimate of drug-likeness (QED) is 0.595. The lowest BCUT2D eigenvalue weighted by atomic mass is 10.0. The first kappa shape index (κ1) is 17.2. The van der Waals surface area contributed by atoms with E-state index in [0.717, 1.165) is 69.6 Å². The highest BCUT2D eigenvalue weighted by Gasteiger charge is 2.22. The third-order valence-electron chi connectivity index (χ3n) is 4.64. The van der Waals surface area contributed by atoms with Crippen molar-refractivity contribution in [3.05, 3.63) is 11.6 Å². The van der Waals surface area contributed by atoms with Crippen molar-refractivity contribution < 1.29 is 9.47 Å². The number of nitrogens with one attached hydrogen (secondary N) is 2. The summed E-state index contributed by atoms with van der Waals surface area (Å²) in [6.45, 7) is 3.97. The topological polar surface area (TPSA) is 85.6 Å². The Morgan fingerprint density at radius 1 is 1.38 bits per heavy atom. The van der Waals surface area contributed by atoms with E-state index in [1.54, 1.807) is 7.11 Å².